The van der Waals surface area contributed by atoms with Crippen molar-refractivity contribution in [3.8, 4) is 23.0 Å². The van der Waals surface area contributed by atoms with Crippen LogP contribution in [0.1, 0.15) is 19.8 Å². The van der Waals surface area contributed by atoms with Crippen LogP contribution in [-0.2, 0) is 0 Å². The fourth-order valence-corrected chi connectivity index (χ4v) is 2.22. The number of rotatable bonds is 5. The van der Waals surface area contributed by atoms with Crippen LogP contribution in [0.2, 0.25) is 0 Å². The molecule has 0 aliphatic heterocycles. The Morgan fingerprint density at radius 3 is 2.80 bits per heavy atom. The Kier molecular flexibility index (Phi) is 4.94. The van der Waals surface area contributed by atoms with Gasteiger partial charge in [-0.3, -0.25) is 0 Å². The second-order valence-corrected chi connectivity index (χ2v) is 5.34. The molecule has 0 bridgehead atoms. The second kappa shape index (κ2) is 6.69. The van der Waals surface area contributed by atoms with Gasteiger partial charge < -0.3 is 15.6 Å². The Balaban J connectivity index is 2.23. The average Bonchev–Trinajstić information content (AvgIpc) is 2.39. The Morgan fingerprint density at radius 2 is 2.15 bits per heavy atom. The molecule has 0 unspecified atom stereocenters. The summed E-state index contributed by atoms with van der Waals surface area (Å²) in [5, 5.41) is 9.44. The lowest BCUT2D eigenvalue weighted by atomic mass is 10.2. The molecular weight excluding hydrogens is 371 g/mol. The molecule has 7 heteroatoms. The number of hydrogen-bond donors (Lipinski definition) is 2. The first kappa shape index (κ1) is 14.8. The molecule has 106 valence electrons. The zero-order chi connectivity index (χ0) is 14.5. The maximum absolute atomic E-state index is 9.44. The molecular formula is C13H15IN4O2. The lowest BCUT2D eigenvalue weighted by Gasteiger charge is -2.08. The number of pyridine rings is 1. The predicted octanol–water partition coefficient (Wildman–Crippen LogP) is 2.61. The van der Waals surface area contributed by atoms with Crippen LogP contribution in [0.5, 0.6) is 11.8 Å². The number of aromatic nitrogens is 3. The number of nitrogen functional groups attached to an aromatic ring is 1. The molecule has 6 nitrogen and oxygen atoms in total. The van der Waals surface area contributed by atoms with Crippen LogP contribution >= 0.6 is 22.6 Å². The molecule has 0 aliphatic rings. The van der Waals surface area contributed by atoms with Crippen molar-refractivity contribution in [2.75, 3.05) is 12.3 Å². The fraction of sp³-hybridized carbons (Fsp3) is 0.308. The molecule has 2 aromatic heterocycles. The van der Waals surface area contributed by atoms with Crippen LogP contribution in [0.4, 0.5) is 5.95 Å². The largest absolute Gasteiger partial charge is 0.493 e. The summed E-state index contributed by atoms with van der Waals surface area (Å²) in [5.41, 5.74) is 6.80. The first-order chi connectivity index (χ1) is 9.60. The summed E-state index contributed by atoms with van der Waals surface area (Å²) in [6.07, 6.45) is 3.72. The molecule has 20 heavy (non-hydrogen) atoms. The third kappa shape index (κ3) is 3.69. The Morgan fingerprint density at radius 1 is 1.35 bits per heavy atom. The molecule has 0 aliphatic carbocycles. The highest BCUT2D eigenvalue weighted by Gasteiger charge is 2.09. The van der Waals surface area contributed by atoms with Gasteiger partial charge in [-0.15, -0.1) is 0 Å². The van der Waals surface area contributed by atoms with E-state index in [1.165, 1.54) is 6.07 Å². The van der Waals surface area contributed by atoms with Gasteiger partial charge in [0.1, 0.15) is 0 Å². The van der Waals surface area contributed by atoms with E-state index in [-0.39, 0.29) is 11.8 Å². The van der Waals surface area contributed by atoms with Gasteiger partial charge in [-0.05, 0) is 35.1 Å². The van der Waals surface area contributed by atoms with Gasteiger partial charge in [0.25, 0.3) is 0 Å². The van der Waals surface area contributed by atoms with Crippen molar-refractivity contribution in [2.24, 2.45) is 0 Å². The molecule has 0 amide bonds. The summed E-state index contributed by atoms with van der Waals surface area (Å²) < 4.78 is 6.47. The Hall–Kier alpha value is -1.64. The van der Waals surface area contributed by atoms with Crippen LogP contribution in [0.3, 0.4) is 0 Å². The Bertz CT molecular complexity index is 587. The first-order valence-corrected chi connectivity index (χ1v) is 7.30. The van der Waals surface area contributed by atoms with Crippen LogP contribution in [-0.4, -0.2) is 26.7 Å². The zero-order valence-corrected chi connectivity index (χ0v) is 13.2. The number of anilines is 1. The van der Waals surface area contributed by atoms with E-state index in [0.29, 0.717) is 18.2 Å². The minimum atomic E-state index is -0.161. The summed E-state index contributed by atoms with van der Waals surface area (Å²) in [6.45, 7) is 2.76. The van der Waals surface area contributed by atoms with Crippen molar-refractivity contribution in [1.82, 2.24) is 15.0 Å². The number of nitrogens with zero attached hydrogens (tertiary/aromatic N) is 3. The summed E-state index contributed by atoms with van der Waals surface area (Å²) in [6, 6.07) is 3.33. The van der Waals surface area contributed by atoms with Crippen molar-refractivity contribution < 1.29 is 9.84 Å². The van der Waals surface area contributed by atoms with Gasteiger partial charge in [0.2, 0.25) is 17.7 Å². The number of ether oxygens (including phenoxy) is 1. The number of aromatic hydroxyl groups is 1. The van der Waals surface area contributed by atoms with Crippen molar-refractivity contribution in [1.29, 1.82) is 0 Å². The van der Waals surface area contributed by atoms with E-state index in [0.717, 1.165) is 22.0 Å². The third-order valence-electron chi connectivity index (χ3n) is 2.57. The third-order valence-corrected chi connectivity index (χ3v) is 3.34. The molecule has 3 N–H and O–H groups in total. The molecule has 0 aromatic carbocycles. The van der Waals surface area contributed by atoms with Crippen LogP contribution in [0.25, 0.3) is 11.3 Å². The molecule has 2 heterocycles. The van der Waals surface area contributed by atoms with Gasteiger partial charge in [0, 0.05) is 17.8 Å². The standard InChI is InChI=1S/C13H15IN4O2/c1-2-3-4-20-12-9(14)5-8(7-16-12)10-6-11(19)18-13(15)17-10/h5-7H,2-4H2,1H3,(H3,15,17,18,19). The highest BCUT2D eigenvalue weighted by molar-refractivity contribution is 14.1. The van der Waals surface area contributed by atoms with Crippen LogP contribution in [0, 0.1) is 3.57 Å². The minimum absolute atomic E-state index is 0.0262. The highest BCUT2D eigenvalue weighted by Crippen LogP contribution is 2.26. The lowest BCUT2D eigenvalue weighted by Crippen LogP contribution is -2.01. The highest BCUT2D eigenvalue weighted by atomic mass is 127. The summed E-state index contributed by atoms with van der Waals surface area (Å²) >= 11 is 2.16. The molecule has 0 radical (unpaired) electrons. The van der Waals surface area contributed by atoms with Crippen LogP contribution in [0.15, 0.2) is 18.3 Å². The van der Waals surface area contributed by atoms with Gasteiger partial charge in [0.15, 0.2) is 0 Å². The number of hydrogen-bond acceptors (Lipinski definition) is 6. The average molecular weight is 386 g/mol. The van der Waals surface area contributed by atoms with Crippen LogP contribution < -0.4 is 10.5 Å². The van der Waals surface area contributed by atoms with Gasteiger partial charge >= 0.3 is 0 Å². The summed E-state index contributed by atoms with van der Waals surface area (Å²) in [7, 11) is 0. The van der Waals surface area contributed by atoms with Crippen molar-refractivity contribution >= 4 is 28.5 Å². The smallest absolute Gasteiger partial charge is 0.227 e. The van der Waals surface area contributed by atoms with Gasteiger partial charge in [-0.25, -0.2) is 9.97 Å². The maximum atomic E-state index is 9.44. The molecule has 0 saturated carbocycles. The molecule has 0 spiro atoms. The van der Waals surface area contributed by atoms with E-state index in [1.54, 1.807) is 6.20 Å². The topological polar surface area (TPSA) is 94.2 Å². The van der Waals surface area contributed by atoms with Crippen molar-refractivity contribution in [3.05, 3.63) is 21.9 Å². The van der Waals surface area contributed by atoms with Crippen molar-refractivity contribution in [2.45, 2.75) is 19.8 Å². The monoisotopic (exact) mass is 386 g/mol. The molecule has 2 rings (SSSR count). The van der Waals surface area contributed by atoms with E-state index in [4.69, 9.17) is 10.5 Å². The van der Waals surface area contributed by atoms with Gasteiger partial charge in [0.05, 0.1) is 15.9 Å². The number of halogens is 1. The quantitative estimate of drug-likeness (QED) is 0.606. The second-order valence-electron chi connectivity index (χ2n) is 4.18. The summed E-state index contributed by atoms with van der Waals surface area (Å²) in [4.78, 5) is 12.0. The van der Waals surface area contributed by atoms with Gasteiger partial charge in [-0.2, -0.15) is 4.98 Å². The van der Waals surface area contributed by atoms with E-state index >= 15 is 0 Å². The normalized spacial score (nSPS) is 10.5. The van der Waals surface area contributed by atoms with E-state index < -0.39 is 0 Å². The van der Waals surface area contributed by atoms with E-state index in [2.05, 4.69) is 44.5 Å². The Labute approximate surface area is 130 Å². The van der Waals surface area contributed by atoms with E-state index in [9.17, 15) is 5.11 Å². The molecule has 2 aromatic rings. The van der Waals surface area contributed by atoms with E-state index in [1.807, 2.05) is 6.07 Å². The molecule has 0 saturated heterocycles. The molecule has 0 atom stereocenters. The number of unbranched alkanes of at least 4 members (excludes halogenated alkanes) is 1. The zero-order valence-electron chi connectivity index (χ0n) is 11.0. The van der Waals surface area contributed by atoms with Crippen molar-refractivity contribution in [3.63, 3.8) is 0 Å². The predicted molar refractivity (Wildman–Crippen MR) is 84.5 cm³/mol. The minimum Gasteiger partial charge on any atom is -0.493 e. The summed E-state index contributed by atoms with van der Waals surface area (Å²) in [5.74, 6) is 0.470. The fourth-order valence-electron chi connectivity index (χ4n) is 1.59. The number of nitrogens with two attached hydrogens (primary N) is 1. The SMILES string of the molecule is CCCCOc1ncc(-c2cc(O)nc(N)n2)cc1I. The molecule has 0 fully saturated rings. The van der Waals surface area contributed by atoms with Gasteiger partial charge in [-0.1, -0.05) is 13.3 Å². The first-order valence-electron chi connectivity index (χ1n) is 6.22. The maximum Gasteiger partial charge on any atom is 0.227 e. The lowest BCUT2D eigenvalue weighted by molar-refractivity contribution is 0.295.